The molecule has 0 aromatic heterocycles. The first-order valence-electron chi connectivity index (χ1n) is 8.16. The molecule has 2 rings (SSSR count). The zero-order valence-corrected chi connectivity index (χ0v) is 13.4. The van der Waals surface area contributed by atoms with Gasteiger partial charge in [-0.15, -0.1) is 0 Å². The van der Waals surface area contributed by atoms with Crippen molar-refractivity contribution in [2.24, 2.45) is 17.6 Å². The maximum Gasteiger partial charge on any atom is 0.0358 e. The normalized spacial score (nSPS) is 33.2. The molecule has 3 nitrogen and oxygen atoms in total. The minimum Gasteiger partial charge on any atom is -0.329 e. The smallest absolute Gasteiger partial charge is 0.0358 e. The van der Waals surface area contributed by atoms with Gasteiger partial charge in [0.05, 0.1) is 0 Å². The van der Waals surface area contributed by atoms with Crippen molar-refractivity contribution >= 4 is 0 Å². The number of rotatable bonds is 4. The first kappa shape index (κ1) is 15.3. The third kappa shape index (κ3) is 3.32. The Bertz CT molecular complexity index is 282. The van der Waals surface area contributed by atoms with Gasteiger partial charge < -0.3 is 10.6 Å². The summed E-state index contributed by atoms with van der Waals surface area (Å²) in [5, 5.41) is 0. The van der Waals surface area contributed by atoms with Gasteiger partial charge in [0, 0.05) is 31.2 Å². The summed E-state index contributed by atoms with van der Waals surface area (Å²) in [4.78, 5) is 5.37. The summed E-state index contributed by atoms with van der Waals surface area (Å²) in [5.41, 5.74) is 6.50. The van der Waals surface area contributed by atoms with Crippen LogP contribution in [0.3, 0.4) is 0 Å². The molecule has 0 aromatic carbocycles. The van der Waals surface area contributed by atoms with Crippen LogP contribution in [-0.4, -0.2) is 54.1 Å². The Morgan fingerprint density at radius 2 is 1.84 bits per heavy atom. The Morgan fingerprint density at radius 3 is 2.26 bits per heavy atom. The number of nitrogens with zero attached hydrogens (tertiary/aromatic N) is 2. The van der Waals surface area contributed by atoms with E-state index in [1.165, 1.54) is 45.4 Å². The first-order chi connectivity index (χ1) is 8.97. The molecular weight excluding hydrogens is 234 g/mol. The second-order valence-corrected chi connectivity index (χ2v) is 7.47. The standard InChI is InChI=1S/C16H33N3/c1-13(2)10-18-7-5-16(12-17,6-8-18)19-11-14(3)9-15(19)4/h13-15H,5-12,17H2,1-4H3. The molecule has 2 heterocycles. The maximum absolute atomic E-state index is 6.21. The fourth-order valence-electron chi connectivity index (χ4n) is 4.24. The number of hydrogen-bond acceptors (Lipinski definition) is 3. The van der Waals surface area contributed by atoms with Gasteiger partial charge in [-0.25, -0.2) is 0 Å². The lowest BCUT2D eigenvalue weighted by Crippen LogP contribution is -2.60. The number of nitrogens with two attached hydrogens (primary N) is 1. The van der Waals surface area contributed by atoms with Gasteiger partial charge in [0.25, 0.3) is 0 Å². The van der Waals surface area contributed by atoms with Crippen molar-refractivity contribution in [1.29, 1.82) is 0 Å². The van der Waals surface area contributed by atoms with Crippen molar-refractivity contribution in [1.82, 2.24) is 9.80 Å². The van der Waals surface area contributed by atoms with Crippen LogP contribution in [0.25, 0.3) is 0 Å². The number of likely N-dealkylation sites (tertiary alicyclic amines) is 2. The van der Waals surface area contributed by atoms with Crippen LogP contribution >= 0.6 is 0 Å². The fraction of sp³-hybridized carbons (Fsp3) is 1.00. The Morgan fingerprint density at radius 1 is 1.21 bits per heavy atom. The average molecular weight is 267 g/mol. The van der Waals surface area contributed by atoms with Gasteiger partial charge in [0.1, 0.15) is 0 Å². The minimum atomic E-state index is 0.289. The average Bonchev–Trinajstić information content (AvgIpc) is 2.70. The Labute approximate surface area is 119 Å². The van der Waals surface area contributed by atoms with E-state index in [0.29, 0.717) is 0 Å². The van der Waals surface area contributed by atoms with E-state index in [9.17, 15) is 0 Å². The highest BCUT2D eigenvalue weighted by Crippen LogP contribution is 2.36. The molecule has 2 aliphatic rings. The summed E-state index contributed by atoms with van der Waals surface area (Å²) in [6.45, 7) is 15.2. The van der Waals surface area contributed by atoms with Gasteiger partial charge in [-0.1, -0.05) is 20.8 Å². The van der Waals surface area contributed by atoms with Crippen molar-refractivity contribution in [3.8, 4) is 0 Å². The van der Waals surface area contributed by atoms with E-state index < -0.39 is 0 Å². The SMILES string of the molecule is CC(C)CN1CCC(CN)(N2CC(C)CC2C)CC1. The Hall–Kier alpha value is -0.120. The summed E-state index contributed by atoms with van der Waals surface area (Å²) in [6.07, 6.45) is 3.86. The lowest BCUT2D eigenvalue weighted by atomic mass is 9.84. The molecule has 3 heteroatoms. The van der Waals surface area contributed by atoms with Crippen molar-refractivity contribution in [3.63, 3.8) is 0 Å². The van der Waals surface area contributed by atoms with Crippen LogP contribution in [0.1, 0.15) is 47.0 Å². The van der Waals surface area contributed by atoms with Gasteiger partial charge in [0.15, 0.2) is 0 Å². The van der Waals surface area contributed by atoms with Crippen LogP contribution in [0.2, 0.25) is 0 Å². The van der Waals surface area contributed by atoms with Crippen molar-refractivity contribution in [2.45, 2.75) is 58.5 Å². The molecule has 0 aromatic rings. The van der Waals surface area contributed by atoms with E-state index in [0.717, 1.165) is 24.4 Å². The molecule has 0 aliphatic carbocycles. The third-order valence-corrected chi connectivity index (χ3v) is 5.18. The van der Waals surface area contributed by atoms with Gasteiger partial charge in [0.2, 0.25) is 0 Å². The van der Waals surface area contributed by atoms with E-state index in [1.807, 2.05) is 0 Å². The van der Waals surface area contributed by atoms with Gasteiger partial charge in [-0.3, -0.25) is 4.90 Å². The summed E-state index contributed by atoms with van der Waals surface area (Å²) in [5.74, 6) is 1.61. The quantitative estimate of drug-likeness (QED) is 0.847. The highest BCUT2D eigenvalue weighted by atomic mass is 15.3. The molecule has 0 radical (unpaired) electrons. The minimum absolute atomic E-state index is 0.289. The zero-order valence-electron chi connectivity index (χ0n) is 13.4. The van der Waals surface area contributed by atoms with E-state index in [4.69, 9.17) is 5.73 Å². The molecule has 0 spiro atoms. The van der Waals surface area contributed by atoms with Crippen LogP contribution in [-0.2, 0) is 0 Å². The third-order valence-electron chi connectivity index (χ3n) is 5.18. The molecule has 2 atom stereocenters. The number of piperidine rings is 1. The largest absolute Gasteiger partial charge is 0.329 e. The fourth-order valence-corrected chi connectivity index (χ4v) is 4.24. The van der Waals surface area contributed by atoms with Gasteiger partial charge >= 0.3 is 0 Å². The van der Waals surface area contributed by atoms with Crippen molar-refractivity contribution in [2.75, 3.05) is 32.7 Å². The summed E-state index contributed by atoms with van der Waals surface area (Å²) in [7, 11) is 0. The molecule has 112 valence electrons. The Kier molecular flexibility index (Phi) is 4.91. The molecule has 2 aliphatic heterocycles. The molecule has 0 saturated carbocycles. The Balaban J connectivity index is 1.98. The summed E-state index contributed by atoms with van der Waals surface area (Å²) in [6, 6.07) is 0.718. The molecule has 2 N–H and O–H groups in total. The second-order valence-electron chi connectivity index (χ2n) is 7.47. The highest BCUT2D eigenvalue weighted by Gasteiger charge is 2.43. The molecule has 2 saturated heterocycles. The van der Waals surface area contributed by atoms with Crippen LogP contribution < -0.4 is 5.73 Å². The summed E-state index contributed by atoms with van der Waals surface area (Å²) < 4.78 is 0. The summed E-state index contributed by atoms with van der Waals surface area (Å²) >= 11 is 0. The van der Waals surface area contributed by atoms with Crippen molar-refractivity contribution < 1.29 is 0 Å². The van der Waals surface area contributed by atoms with Gasteiger partial charge in [-0.2, -0.15) is 0 Å². The molecule has 19 heavy (non-hydrogen) atoms. The first-order valence-corrected chi connectivity index (χ1v) is 8.16. The van der Waals surface area contributed by atoms with Crippen LogP contribution in [0.5, 0.6) is 0 Å². The maximum atomic E-state index is 6.21. The van der Waals surface area contributed by atoms with Crippen molar-refractivity contribution in [3.05, 3.63) is 0 Å². The molecule has 2 unspecified atom stereocenters. The van der Waals surface area contributed by atoms with E-state index in [1.54, 1.807) is 0 Å². The van der Waals surface area contributed by atoms with Crippen LogP contribution in [0, 0.1) is 11.8 Å². The van der Waals surface area contributed by atoms with Crippen LogP contribution in [0.4, 0.5) is 0 Å². The van der Waals surface area contributed by atoms with Gasteiger partial charge in [-0.05, 0) is 51.1 Å². The lowest BCUT2D eigenvalue weighted by Gasteiger charge is -2.49. The zero-order chi connectivity index (χ0) is 14.0. The van der Waals surface area contributed by atoms with Crippen LogP contribution in [0.15, 0.2) is 0 Å². The molecule has 2 fully saturated rings. The topological polar surface area (TPSA) is 32.5 Å². The highest BCUT2D eigenvalue weighted by molar-refractivity contribution is 5.01. The van der Waals surface area contributed by atoms with E-state index in [2.05, 4.69) is 37.5 Å². The van der Waals surface area contributed by atoms with E-state index >= 15 is 0 Å². The molecule has 0 amide bonds. The second kappa shape index (κ2) is 6.11. The predicted octanol–water partition coefficient (Wildman–Crippen LogP) is 2.17. The predicted molar refractivity (Wildman–Crippen MR) is 82.2 cm³/mol. The molecule has 0 bridgehead atoms. The monoisotopic (exact) mass is 267 g/mol. The van der Waals surface area contributed by atoms with E-state index in [-0.39, 0.29) is 5.54 Å². The number of hydrogen-bond donors (Lipinski definition) is 1. The molecular formula is C16H33N3. The lowest BCUT2D eigenvalue weighted by molar-refractivity contribution is 0.0177.